The summed E-state index contributed by atoms with van der Waals surface area (Å²) in [5, 5.41) is 0. The molecule has 1 fully saturated rings. The number of nitrogens with two attached hydrogens (primary N) is 1. The summed E-state index contributed by atoms with van der Waals surface area (Å²) in [4.78, 5) is 27.5. The van der Waals surface area contributed by atoms with Crippen LogP contribution in [0.3, 0.4) is 0 Å². The molecule has 0 aromatic heterocycles. The quantitative estimate of drug-likeness (QED) is 0.673. The van der Waals surface area contributed by atoms with Gasteiger partial charge in [0, 0.05) is 43.7 Å². The van der Waals surface area contributed by atoms with Crippen molar-refractivity contribution in [1.29, 1.82) is 0 Å². The Hall–Kier alpha value is -1.76. The van der Waals surface area contributed by atoms with Crippen LogP contribution in [-0.4, -0.2) is 53.5 Å². The predicted molar refractivity (Wildman–Crippen MR) is 80.4 cm³/mol. The summed E-state index contributed by atoms with van der Waals surface area (Å²) in [7, 11) is 0. The molecule has 7 heteroatoms. The van der Waals surface area contributed by atoms with E-state index in [0.29, 0.717) is 36.8 Å². The molecule has 1 heterocycles. The number of thioether (sulfide) groups is 1. The van der Waals surface area contributed by atoms with Gasteiger partial charge in [0.2, 0.25) is 11.8 Å². The minimum Gasteiger partial charge on any atom is -0.398 e. The molecular formula is C14H18FN3O2S. The third-order valence-electron chi connectivity index (χ3n) is 3.40. The van der Waals surface area contributed by atoms with Crippen molar-refractivity contribution in [3.05, 3.63) is 24.0 Å². The number of carbonyl (C=O) groups excluding carboxylic acids is 2. The van der Waals surface area contributed by atoms with Crippen molar-refractivity contribution in [3.8, 4) is 0 Å². The summed E-state index contributed by atoms with van der Waals surface area (Å²) in [6.07, 6.45) is 0. The van der Waals surface area contributed by atoms with Crippen molar-refractivity contribution < 1.29 is 14.0 Å². The normalized spacial score (nSPS) is 15.1. The van der Waals surface area contributed by atoms with Crippen LogP contribution in [0.5, 0.6) is 0 Å². The van der Waals surface area contributed by atoms with Crippen LogP contribution in [0.15, 0.2) is 23.1 Å². The lowest BCUT2D eigenvalue weighted by atomic mass is 10.3. The third-order valence-corrected chi connectivity index (χ3v) is 4.47. The van der Waals surface area contributed by atoms with Crippen LogP contribution < -0.4 is 5.73 Å². The van der Waals surface area contributed by atoms with Gasteiger partial charge < -0.3 is 15.5 Å². The molecule has 1 saturated heterocycles. The standard InChI is InChI=1S/C14H18FN3O2S/c1-10(19)17-4-6-18(7-5-17)14(20)9-21-13-3-2-11(15)8-12(13)16/h2-3,8H,4-7,9,16H2,1H3. The fraction of sp³-hybridized carbons (Fsp3) is 0.429. The number of halogens is 1. The Morgan fingerprint density at radius 1 is 1.24 bits per heavy atom. The van der Waals surface area contributed by atoms with Crippen molar-refractivity contribution in [3.63, 3.8) is 0 Å². The van der Waals surface area contributed by atoms with Crippen molar-refractivity contribution in [2.24, 2.45) is 0 Å². The van der Waals surface area contributed by atoms with Crippen LogP contribution in [0.2, 0.25) is 0 Å². The Balaban J connectivity index is 1.84. The first-order valence-corrected chi connectivity index (χ1v) is 7.67. The van der Waals surface area contributed by atoms with E-state index in [4.69, 9.17) is 5.73 Å². The largest absolute Gasteiger partial charge is 0.398 e. The molecule has 0 spiro atoms. The van der Waals surface area contributed by atoms with E-state index in [0.717, 1.165) is 0 Å². The molecule has 1 aliphatic rings. The van der Waals surface area contributed by atoms with E-state index in [2.05, 4.69) is 0 Å². The molecule has 114 valence electrons. The molecule has 0 unspecified atom stereocenters. The molecule has 2 rings (SSSR count). The van der Waals surface area contributed by atoms with Gasteiger partial charge in [-0.05, 0) is 18.2 Å². The molecule has 0 bridgehead atoms. The maximum absolute atomic E-state index is 12.9. The Bertz CT molecular complexity index is 545. The topological polar surface area (TPSA) is 66.6 Å². The van der Waals surface area contributed by atoms with Crippen LogP contribution in [0.1, 0.15) is 6.92 Å². The number of piperazine rings is 1. The number of benzene rings is 1. The van der Waals surface area contributed by atoms with E-state index in [-0.39, 0.29) is 23.4 Å². The number of rotatable bonds is 3. The number of nitrogens with zero attached hydrogens (tertiary/aromatic N) is 2. The van der Waals surface area contributed by atoms with Crippen LogP contribution in [-0.2, 0) is 9.59 Å². The van der Waals surface area contributed by atoms with Crippen LogP contribution >= 0.6 is 11.8 Å². The van der Waals surface area contributed by atoms with Crippen LogP contribution in [0, 0.1) is 5.82 Å². The summed E-state index contributed by atoms with van der Waals surface area (Å²) >= 11 is 1.30. The molecule has 1 aromatic carbocycles. The van der Waals surface area contributed by atoms with Gasteiger partial charge in [0.25, 0.3) is 0 Å². The van der Waals surface area contributed by atoms with E-state index in [1.54, 1.807) is 15.9 Å². The second-order valence-electron chi connectivity index (χ2n) is 4.86. The lowest BCUT2D eigenvalue weighted by molar-refractivity contribution is -0.136. The molecule has 5 nitrogen and oxygen atoms in total. The van der Waals surface area contributed by atoms with Gasteiger partial charge in [-0.1, -0.05) is 0 Å². The number of amides is 2. The molecule has 1 aliphatic heterocycles. The number of hydrogen-bond acceptors (Lipinski definition) is 4. The van der Waals surface area contributed by atoms with Crippen molar-refractivity contribution in [1.82, 2.24) is 9.80 Å². The van der Waals surface area contributed by atoms with Gasteiger partial charge in [0.15, 0.2) is 0 Å². The Morgan fingerprint density at radius 2 is 1.86 bits per heavy atom. The SMILES string of the molecule is CC(=O)N1CCN(C(=O)CSc2ccc(F)cc2N)CC1. The number of nitrogen functional groups attached to an aromatic ring is 1. The van der Waals surface area contributed by atoms with Gasteiger partial charge in [0.05, 0.1) is 5.75 Å². The molecular weight excluding hydrogens is 293 g/mol. The first-order valence-electron chi connectivity index (χ1n) is 6.68. The molecule has 0 atom stereocenters. The van der Waals surface area contributed by atoms with Crippen LogP contribution in [0.25, 0.3) is 0 Å². The Labute approximate surface area is 127 Å². The zero-order valence-electron chi connectivity index (χ0n) is 11.8. The van der Waals surface area contributed by atoms with Crippen molar-refractivity contribution in [2.75, 3.05) is 37.7 Å². The van der Waals surface area contributed by atoms with Gasteiger partial charge in [-0.2, -0.15) is 0 Å². The minimum absolute atomic E-state index is 0.00641. The second kappa shape index (κ2) is 6.80. The molecule has 1 aromatic rings. The van der Waals surface area contributed by atoms with Crippen LogP contribution in [0.4, 0.5) is 10.1 Å². The average Bonchev–Trinajstić information content (AvgIpc) is 2.46. The maximum atomic E-state index is 12.9. The van der Waals surface area contributed by atoms with E-state index in [9.17, 15) is 14.0 Å². The fourth-order valence-corrected chi connectivity index (χ4v) is 3.00. The van der Waals surface area contributed by atoms with E-state index in [1.165, 1.54) is 30.8 Å². The highest BCUT2D eigenvalue weighted by molar-refractivity contribution is 8.00. The molecule has 2 amide bonds. The molecule has 0 aliphatic carbocycles. The predicted octanol–water partition coefficient (Wildman–Crippen LogP) is 1.19. The highest BCUT2D eigenvalue weighted by Gasteiger charge is 2.22. The van der Waals surface area contributed by atoms with E-state index >= 15 is 0 Å². The zero-order chi connectivity index (χ0) is 15.4. The van der Waals surface area contributed by atoms with Gasteiger partial charge in [-0.15, -0.1) is 11.8 Å². The summed E-state index contributed by atoms with van der Waals surface area (Å²) in [5.41, 5.74) is 6.05. The van der Waals surface area contributed by atoms with Crippen molar-refractivity contribution in [2.45, 2.75) is 11.8 Å². The highest BCUT2D eigenvalue weighted by Crippen LogP contribution is 2.25. The summed E-state index contributed by atoms with van der Waals surface area (Å²) in [5.74, 6) is -0.0818. The van der Waals surface area contributed by atoms with E-state index < -0.39 is 0 Å². The number of carbonyl (C=O) groups is 2. The highest BCUT2D eigenvalue weighted by atomic mass is 32.2. The van der Waals surface area contributed by atoms with Gasteiger partial charge in [-0.25, -0.2) is 4.39 Å². The summed E-state index contributed by atoms with van der Waals surface area (Å²) < 4.78 is 12.9. The molecule has 0 saturated carbocycles. The first kappa shape index (κ1) is 15.6. The Kier molecular flexibility index (Phi) is 5.06. The zero-order valence-corrected chi connectivity index (χ0v) is 12.7. The number of anilines is 1. The second-order valence-corrected chi connectivity index (χ2v) is 5.87. The molecule has 2 N–H and O–H groups in total. The minimum atomic E-state index is -0.386. The smallest absolute Gasteiger partial charge is 0.233 e. The van der Waals surface area contributed by atoms with Gasteiger partial charge in [-0.3, -0.25) is 9.59 Å². The molecule has 21 heavy (non-hydrogen) atoms. The maximum Gasteiger partial charge on any atom is 0.233 e. The Morgan fingerprint density at radius 3 is 2.43 bits per heavy atom. The summed E-state index contributed by atoms with van der Waals surface area (Å²) in [6, 6.07) is 4.16. The van der Waals surface area contributed by atoms with Gasteiger partial charge >= 0.3 is 0 Å². The summed E-state index contributed by atoms with van der Waals surface area (Å²) in [6.45, 7) is 3.79. The fourth-order valence-electron chi connectivity index (χ4n) is 2.15. The van der Waals surface area contributed by atoms with Crippen molar-refractivity contribution >= 4 is 29.3 Å². The lowest BCUT2D eigenvalue weighted by Gasteiger charge is -2.34. The average molecular weight is 311 g/mol. The lowest BCUT2D eigenvalue weighted by Crippen LogP contribution is -2.50. The molecule has 0 radical (unpaired) electrons. The monoisotopic (exact) mass is 311 g/mol. The number of hydrogen-bond donors (Lipinski definition) is 1. The van der Waals surface area contributed by atoms with Gasteiger partial charge in [0.1, 0.15) is 5.82 Å². The first-order chi connectivity index (χ1) is 9.97. The van der Waals surface area contributed by atoms with E-state index in [1.807, 2.05) is 0 Å². The third kappa shape index (κ3) is 4.10.